The highest BCUT2D eigenvalue weighted by Gasteiger charge is 2.21. The van der Waals surface area contributed by atoms with E-state index in [1.165, 1.54) is 0 Å². The summed E-state index contributed by atoms with van der Waals surface area (Å²) in [7, 11) is 0. The first-order chi connectivity index (χ1) is 11.1. The first-order valence-corrected chi connectivity index (χ1v) is 8.64. The molecule has 2 amide bonds. The van der Waals surface area contributed by atoms with Crippen molar-refractivity contribution in [1.29, 1.82) is 0 Å². The number of carbonyl (C=O) groups is 2. The number of benzene rings is 2. The van der Waals surface area contributed by atoms with Gasteiger partial charge in [-0.25, -0.2) is 0 Å². The lowest BCUT2D eigenvalue weighted by molar-refractivity contribution is -0.117. The highest BCUT2D eigenvalue weighted by atomic mass is 127. The molecule has 3 rings (SSSR count). The molecule has 0 spiro atoms. The van der Waals surface area contributed by atoms with E-state index < -0.39 is 0 Å². The molecule has 118 valence electrons. The molecule has 23 heavy (non-hydrogen) atoms. The Balaban J connectivity index is 1.65. The molecule has 0 radical (unpaired) electrons. The molecule has 0 atom stereocenters. The van der Waals surface area contributed by atoms with Crippen LogP contribution in [-0.2, 0) is 11.3 Å². The number of rotatable bonds is 4. The fraction of sp³-hybridized carbons (Fsp3) is 0.222. The molecule has 0 aromatic heterocycles. The summed E-state index contributed by atoms with van der Waals surface area (Å²) in [5.74, 6) is 0.0779. The molecular weight excluding hydrogens is 403 g/mol. The molecule has 4 nitrogen and oxygen atoms in total. The molecule has 0 aliphatic carbocycles. The van der Waals surface area contributed by atoms with Crippen molar-refractivity contribution in [3.05, 3.63) is 63.2 Å². The monoisotopic (exact) mass is 420 g/mol. The van der Waals surface area contributed by atoms with E-state index >= 15 is 0 Å². The van der Waals surface area contributed by atoms with Gasteiger partial charge in [0.25, 0.3) is 5.91 Å². The van der Waals surface area contributed by atoms with Crippen molar-refractivity contribution in [3.8, 4) is 0 Å². The molecule has 1 aliphatic rings. The lowest BCUT2D eigenvalue weighted by atomic mass is 10.1. The second-order valence-corrected chi connectivity index (χ2v) is 6.75. The molecule has 0 bridgehead atoms. The highest BCUT2D eigenvalue weighted by molar-refractivity contribution is 14.1. The predicted octanol–water partition coefficient (Wildman–Crippen LogP) is 3.35. The number of carbonyl (C=O) groups excluding carboxylic acids is 2. The third-order valence-electron chi connectivity index (χ3n) is 3.86. The number of hydrogen-bond acceptors (Lipinski definition) is 2. The Bertz CT molecular complexity index is 728. The topological polar surface area (TPSA) is 49.4 Å². The molecular formula is C18H17IN2O2. The molecule has 2 aromatic rings. The van der Waals surface area contributed by atoms with Crippen molar-refractivity contribution in [2.24, 2.45) is 0 Å². The van der Waals surface area contributed by atoms with Crippen LogP contribution in [0.15, 0.2) is 48.5 Å². The maximum absolute atomic E-state index is 12.1. The predicted molar refractivity (Wildman–Crippen MR) is 98.4 cm³/mol. The van der Waals surface area contributed by atoms with Crippen molar-refractivity contribution >= 4 is 40.1 Å². The summed E-state index contributed by atoms with van der Waals surface area (Å²) < 4.78 is 1.10. The number of halogens is 1. The minimum atomic E-state index is -0.0935. The lowest BCUT2D eigenvalue weighted by Gasteiger charge is -2.16. The summed E-state index contributed by atoms with van der Waals surface area (Å²) >= 11 is 2.21. The van der Waals surface area contributed by atoms with Gasteiger partial charge in [-0.15, -0.1) is 0 Å². The smallest absolute Gasteiger partial charge is 0.251 e. The Hall–Kier alpha value is -1.89. The first kappa shape index (κ1) is 16.0. The van der Waals surface area contributed by atoms with Crippen molar-refractivity contribution in [3.63, 3.8) is 0 Å². The number of amides is 2. The Kier molecular flexibility index (Phi) is 4.95. The van der Waals surface area contributed by atoms with Crippen LogP contribution in [0, 0.1) is 3.57 Å². The van der Waals surface area contributed by atoms with Gasteiger partial charge in [-0.2, -0.15) is 0 Å². The number of anilines is 1. The number of nitrogens with one attached hydrogen (secondary N) is 1. The molecule has 5 heteroatoms. The highest BCUT2D eigenvalue weighted by Crippen LogP contribution is 2.22. The largest absolute Gasteiger partial charge is 0.348 e. The first-order valence-electron chi connectivity index (χ1n) is 7.56. The van der Waals surface area contributed by atoms with Gasteiger partial charge in [-0.05, 0) is 71.0 Å². The summed E-state index contributed by atoms with van der Waals surface area (Å²) in [6.45, 7) is 1.22. The molecule has 1 aliphatic heterocycles. The third-order valence-corrected chi connectivity index (χ3v) is 4.57. The zero-order chi connectivity index (χ0) is 16.2. The Morgan fingerprint density at radius 3 is 2.65 bits per heavy atom. The van der Waals surface area contributed by atoms with Gasteiger partial charge in [0, 0.05) is 34.3 Å². The summed E-state index contributed by atoms with van der Waals surface area (Å²) in [6, 6.07) is 15.2. The number of hydrogen-bond donors (Lipinski definition) is 1. The Labute approximate surface area is 149 Å². The zero-order valence-electron chi connectivity index (χ0n) is 12.6. The Morgan fingerprint density at radius 2 is 1.96 bits per heavy atom. The second kappa shape index (κ2) is 7.12. The maximum Gasteiger partial charge on any atom is 0.251 e. The quantitative estimate of drug-likeness (QED) is 0.772. The van der Waals surface area contributed by atoms with Crippen LogP contribution in [0.3, 0.4) is 0 Å². The van der Waals surface area contributed by atoms with Gasteiger partial charge in [0.1, 0.15) is 0 Å². The van der Waals surface area contributed by atoms with Gasteiger partial charge in [-0.1, -0.05) is 12.1 Å². The van der Waals surface area contributed by atoms with Gasteiger partial charge in [0.05, 0.1) is 0 Å². The molecule has 2 aromatic carbocycles. The molecule has 1 N–H and O–H groups in total. The normalized spacial score (nSPS) is 14.1. The van der Waals surface area contributed by atoms with E-state index in [1.54, 1.807) is 0 Å². The SMILES string of the molecule is O=C(NCc1cccc(N2CCCC2=O)c1)c1ccc(I)cc1. The van der Waals surface area contributed by atoms with Crippen molar-refractivity contribution in [2.75, 3.05) is 11.4 Å². The van der Waals surface area contributed by atoms with Crippen molar-refractivity contribution in [1.82, 2.24) is 5.32 Å². The third kappa shape index (κ3) is 3.90. The zero-order valence-corrected chi connectivity index (χ0v) is 14.7. The minimum absolute atomic E-state index is 0.0935. The summed E-state index contributed by atoms with van der Waals surface area (Å²) in [4.78, 5) is 25.8. The minimum Gasteiger partial charge on any atom is -0.348 e. The molecule has 0 saturated carbocycles. The van der Waals surface area contributed by atoms with Gasteiger partial charge < -0.3 is 10.2 Å². The van der Waals surface area contributed by atoms with Crippen molar-refractivity contribution in [2.45, 2.75) is 19.4 Å². The van der Waals surface area contributed by atoms with E-state index in [2.05, 4.69) is 27.9 Å². The molecule has 1 saturated heterocycles. The van der Waals surface area contributed by atoms with Crippen LogP contribution < -0.4 is 10.2 Å². The van der Waals surface area contributed by atoms with Gasteiger partial charge in [-0.3, -0.25) is 9.59 Å². The van der Waals surface area contributed by atoms with Crippen LogP contribution in [0.4, 0.5) is 5.69 Å². The Morgan fingerprint density at radius 1 is 1.17 bits per heavy atom. The van der Waals surface area contributed by atoms with Crippen LogP contribution in [0.2, 0.25) is 0 Å². The van der Waals surface area contributed by atoms with Gasteiger partial charge in [0.15, 0.2) is 0 Å². The lowest BCUT2D eigenvalue weighted by Crippen LogP contribution is -2.25. The van der Waals surface area contributed by atoms with Gasteiger partial charge >= 0.3 is 0 Å². The average molecular weight is 420 g/mol. The second-order valence-electron chi connectivity index (χ2n) is 5.51. The number of nitrogens with zero attached hydrogens (tertiary/aromatic N) is 1. The molecule has 1 heterocycles. The van der Waals surface area contributed by atoms with Crippen LogP contribution in [0.5, 0.6) is 0 Å². The summed E-state index contributed by atoms with van der Waals surface area (Å²) in [5.41, 5.74) is 2.55. The van der Waals surface area contributed by atoms with Crippen LogP contribution >= 0.6 is 22.6 Å². The fourth-order valence-corrected chi connectivity index (χ4v) is 3.00. The standard InChI is InChI=1S/C18H17IN2O2/c19-15-8-6-14(7-9-15)18(23)20-12-13-3-1-4-16(11-13)21-10-2-5-17(21)22/h1,3-4,6-9,11H,2,5,10,12H2,(H,20,23). The summed E-state index contributed by atoms with van der Waals surface area (Å²) in [5, 5.41) is 2.92. The van der Waals surface area contributed by atoms with E-state index in [0.29, 0.717) is 18.5 Å². The maximum atomic E-state index is 12.1. The molecule has 1 fully saturated rings. The van der Waals surface area contributed by atoms with Crippen molar-refractivity contribution < 1.29 is 9.59 Å². The van der Waals surface area contributed by atoms with Crippen LogP contribution in [0.1, 0.15) is 28.8 Å². The van der Waals surface area contributed by atoms with E-state index in [0.717, 1.165) is 27.8 Å². The summed E-state index contributed by atoms with van der Waals surface area (Å²) in [6.07, 6.45) is 1.53. The van der Waals surface area contributed by atoms with E-state index in [-0.39, 0.29) is 11.8 Å². The molecule has 0 unspecified atom stereocenters. The van der Waals surface area contributed by atoms with E-state index in [9.17, 15) is 9.59 Å². The van der Waals surface area contributed by atoms with E-state index in [1.807, 2.05) is 53.4 Å². The average Bonchev–Trinajstić information content (AvgIpc) is 3.00. The van der Waals surface area contributed by atoms with E-state index in [4.69, 9.17) is 0 Å². The van der Waals surface area contributed by atoms with Crippen LogP contribution in [-0.4, -0.2) is 18.4 Å². The van der Waals surface area contributed by atoms with Gasteiger partial charge in [0.2, 0.25) is 5.91 Å². The van der Waals surface area contributed by atoms with Crippen LogP contribution in [0.25, 0.3) is 0 Å². The fourth-order valence-electron chi connectivity index (χ4n) is 2.64.